The Labute approximate surface area is 106 Å². The van der Waals surface area contributed by atoms with E-state index in [1.165, 1.54) is 19.2 Å². The van der Waals surface area contributed by atoms with Gasteiger partial charge >= 0.3 is 0 Å². The van der Waals surface area contributed by atoms with Gasteiger partial charge in [-0.05, 0) is 31.5 Å². The van der Waals surface area contributed by atoms with Crippen LogP contribution >= 0.6 is 0 Å². The Hall–Kier alpha value is -1.75. The summed E-state index contributed by atoms with van der Waals surface area (Å²) in [4.78, 5) is 11.9. The first kappa shape index (κ1) is 14.3. The summed E-state index contributed by atoms with van der Waals surface area (Å²) in [6, 6.07) is 4.41. The molecule has 0 saturated heterocycles. The highest BCUT2D eigenvalue weighted by Crippen LogP contribution is 2.22. The number of aliphatic hydroxyl groups is 1. The molecule has 1 unspecified atom stereocenters. The molecule has 18 heavy (non-hydrogen) atoms. The highest BCUT2D eigenvalue weighted by atomic mass is 16.5. The van der Waals surface area contributed by atoms with Crippen LogP contribution in [0.2, 0.25) is 0 Å². The second-order valence-electron chi connectivity index (χ2n) is 4.42. The van der Waals surface area contributed by atoms with Crippen molar-refractivity contribution < 1.29 is 19.7 Å². The lowest BCUT2D eigenvalue weighted by Gasteiger charge is -2.21. The number of hydrogen-bond donors (Lipinski definition) is 3. The highest BCUT2D eigenvalue weighted by Gasteiger charge is 2.20. The molecule has 1 aromatic rings. The van der Waals surface area contributed by atoms with Gasteiger partial charge in [0.2, 0.25) is 0 Å². The minimum atomic E-state index is -0.954. The molecule has 5 nitrogen and oxygen atoms in total. The number of methoxy groups -OCH3 is 1. The predicted octanol–water partition coefficient (Wildman–Crippen LogP) is 1.29. The van der Waals surface area contributed by atoms with Gasteiger partial charge in [0, 0.05) is 6.54 Å². The average Bonchev–Trinajstić information content (AvgIpc) is 2.36. The van der Waals surface area contributed by atoms with Crippen LogP contribution in [-0.4, -0.2) is 35.4 Å². The molecule has 0 aliphatic carbocycles. The number of carbonyl (C=O) groups is 1. The third-order valence-electron chi connectivity index (χ3n) is 2.84. The summed E-state index contributed by atoms with van der Waals surface area (Å²) in [5.41, 5.74) is -0.828. The van der Waals surface area contributed by atoms with Crippen molar-refractivity contribution >= 4 is 5.91 Å². The van der Waals surface area contributed by atoms with E-state index in [-0.39, 0.29) is 17.9 Å². The van der Waals surface area contributed by atoms with Crippen molar-refractivity contribution in [1.82, 2.24) is 5.32 Å². The van der Waals surface area contributed by atoms with Gasteiger partial charge in [0.05, 0.1) is 18.3 Å². The standard InChI is InChI=1S/C13H19NO4/c1-4-13(2,17)8-14-12(16)10-7-9(18-3)5-6-11(10)15/h5-7,15,17H,4,8H2,1-3H3,(H,14,16). The molecule has 1 atom stereocenters. The van der Waals surface area contributed by atoms with Gasteiger partial charge in [-0.3, -0.25) is 4.79 Å². The molecule has 100 valence electrons. The number of phenols is 1. The van der Waals surface area contributed by atoms with Crippen LogP contribution in [0, 0.1) is 0 Å². The Morgan fingerprint density at radius 3 is 2.72 bits per heavy atom. The maximum absolute atomic E-state index is 11.9. The summed E-state index contributed by atoms with van der Waals surface area (Å²) >= 11 is 0. The number of rotatable bonds is 5. The van der Waals surface area contributed by atoms with E-state index in [1.54, 1.807) is 13.0 Å². The Balaban J connectivity index is 2.78. The summed E-state index contributed by atoms with van der Waals surface area (Å²) in [7, 11) is 1.48. The van der Waals surface area contributed by atoms with Gasteiger partial charge in [-0.1, -0.05) is 6.92 Å². The Kier molecular flexibility index (Phi) is 4.55. The number of aromatic hydroxyl groups is 1. The molecular formula is C13H19NO4. The van der Waals surface area contributed by atoms with Crippen molar-refractivity contribution in [3.8, 4) is 11.5 Å². The smallest absolute Gasteiger partial charge is 0.255 e. The summed E-state index contributed by atoms with van der Waals surface area (Å²) in [6.07, 6.45) is 0.525. The van der Waals surface area contributed by atoms with E-state index in [0.717, 1.165) is 0 Å². The van der Waals surface area contributed by atoms with Crippen molar-refractivity contribution in [1.29, 1.82) is 0 Å². The largest absolute Gasteiger partial charge is 0.507 e. The maximum atomic E-state index is 11.9. The molecule has 0 fully saturated rings. The fourth-order valence-corrected chi connectivity index (χ4v) is 1.31. The number of phenolic OH excluding ortho intramolecular Hbond substituents is 1. The highest BCUT2D eigenvalue weighted by molar-refractivity contribution is 5.97. The number of benzene rings is 1. The van der Waals surface area contributed by atoms with Crippen molar-refractivity contribution in [3.05, 3.63) is 23.8 Å². The summed E-state index contributed by atoms with van der Waals surface area (Å²) in [5.74, 6) is -0.0789. The second kappa shape index (κ2) is 5.73. The van der Waals surface area contributed by atoms with Crippen LogP contribution in [-0.2, 0) is 0 Å². The number of amides is 1. The molecular weight excluding hydrogens is 234 g/mol. The number of nitrogens with one attached hydrogen (secondary N) is 1. The van der Waals surface area contributed by atoms with Crippen LogP contribution in [0.15, 0.2) is 18.2 Å². The topological polar surface area (TPSA) is 78.8 Å². The quantitative estimate of drug-likeness (QED) is 0.739. The molecule has 0 spiro atoms. The first-order valence-corrected chi connectivity index (χ1v) is 5.77. The number of carbonyl (C=O) groups excluding carboxylic acids is 1. The van der Waals surface area contributed by atoms with Crippen molar-refractivity contribution in [2.24, 2.45) is 0 Å². The van der Waals surface area contributed by atoms with Gasteiger partial charge in [-0.2, -0.15) is 0 Å². The molecule has 0 bridgehead atoms. The van der Waals surface area contributed by atoms with E-state index < -0.39 is 11.5 Å². The molecule has 0 aliphatic heterocycles. The van der Waals surface area contributed by atoms with Gasteiger partial charge in [-0.15, -0.1) is 0 Å². The Bertz CT molecular complexity index is 429. The first-order chi connectivity index (χ1) is 8.39. The minimum absolute atomic E-state index is 0.121. The lowest BCUT2D eigenvalue weighted by Crippen LogP contribution is -2.40. The lowest BCUT2D eigenvalue weighted by molar-refractivity contribution is 0.0517. The number of ether oxygens (including phenoxy) is 1. The van der Waals surface area contributed by atoms with Crippen LogP contribution in [0.25, 0.3) is 0 Å². The van der Waals surface area contributed by atoms with Crippen molar-refractivity contribution in [2.75, 3.05) is 13.7 Å². The fourth-order valence-electron chi connectivity index (χ4n) is 1.31. The summed E-state index contributed by atoms with van der Waals surface area (Å²) < 4.78 is 4.99. The molecule has 0 saturated carbocycles. The van der Waals surface area contributed by atoms with Gasteiger partial charge < -0.3 is 20.3 Å². The maximum Gasteiger partial charge on any atom is 0.255 e. The SMILES string of the molecule is CCC(C)(O)CNC(=O)c1cc(OC)ccc1O. The predicted molar refractivity (Wildman–Crippen MR) is 67.9 cm³/mol. The normalized spacial score (nSPS) is 13.8. The van der Waals surface area contributed by atoms with E-state index in [0.29, 0.717) is 12.2 Å². The van der Waals surface area contributed by atoms with Crippen LogP contribution in [0.4, 0.5) is 0 Å². The molecule has 0 heterocycles. The first-order valence-electron chi connectivity index (χ1n) is 5.77. The van der Waals surface area contributed by atoms with E-state index in [4.69, 9.17) is 4.74 Å². The van der Waals surface area contributed by atoms with Crippen LogP contribution in [0.3, 0.4) is 0 Å². The van der Waals surface area contributed by atoms with Crippen LogP contribution in [0.5, 0.6) is 11.5 Å². The van der Waals surface area contributed by atoms with E-state index >= 15 is 0 Å². The molecule has 0 aromatic heterocycles. The lowest BCUT2D eigenvalue weighted by atomic mass is 10.0. The molecule has 3 N–H and O–H groups in total. The Morgan fingerprint density at radius 1 is 1.50 bits per heavy atom. The zero-order valence-corrected chi connectivity index (χ0v) is 10.9. The molecule has 0 radical (unpaired) electrons. The third kappa shape index (κ3) is 3.63. The van der Waals surface area contributed by atoms with Gasteiger partial charge in [0.1, 0.15) is 11.5 Å². The molecule has 5 heteroatoms. The van der Waals surface area contributed by atoms with Gasteiger partial charge in [0.15, 0.2) is 0 Å². The minimum Gasteiger partial charge on any atom is -0.507 e. The van der Waals surface area contributed by atoms with Gasteiger partial charge in [0.25, 0.3) is 5.91 Å². The van der Waals surface area contributed by atoms with Crippen molar-refractivity contribution in [2.45, 2.75) is 25.9 Å². The van der Waals surface area contributed by atoms with Crippen molar-refractivity contribution in [3.63, 3.8) is 0 Å². The average molecular weight is 253 g/mol. The summed E-state index contributed by atoms with van der Waals surface area (Å²) in [6.45, 7) is 3.59. The molecule has 0 aliphatic rings. The fraction of sp³-hybridized carbons (Fsp3) is 0.462. The molecule has 1 aromatic carbocycles. The van der Waals surface area contributed by atoms with E-state index in [1.807, 2.05) is 6.92 Å². The third-order valence-corrected chi connectivity index (χ3v) is 2.84. The Morgan fingerprint density at radius 2 is 2.17 bits per heavy atom. The molecule has 1 amide bonds. The van der Waals surface area contributed by atoms with E-state index in [2.05, 4.69) is 5.32 Å². The van der Waals surface area contributed by atoms with Crippen LogP contribution in [0.1, 0.15) is 30.6 Å². The second-order valence-corrected chi connectivity index (χ2v) is 4.42. The van der Waals surface area contributed by atoms with Gasteiger partial charge in [-0.25, -0.2) is 0 Å². The van der Waals surface area contributed by atoms with Crippen LogP contribution < -0.4 is 10.1 Å². The zero-order chi connectivity index (χ0) is 13.8. The zero-order valence-electron chi connectivity index (χ0n) is 10.9. The monoisotopic (exact) mass is 253 g/mol. The summed E-state index contributed by atoms with van der Waals surface area (Å²) in [5, 5.41) is 22.0. The number of hydrogen-bond acceptors (Lipinski definition) is 4. The molecule has 1 rings (SSSR count). The van der Waals surface area contributed by atoms with E-state index in [9.17, 15) is 15.0 Å².